The maximum atomic E-state index is 14.1. The summed E-state index contributed by atoms with van der Waals surface area (Å²) in [6.45, 7) is 0. The van der Waals surface area contributed by atoms with Crippen molar-refractivity contribution in [3.63, 3.8) is 0 Å². The largest absolute Gasteiger partial charge is 0.322 e. The first-order valence-corrected chi connectivity index (χ1v) is 10.2. The fourth-order valence-corrected chi connectivity index (χ4v) is 4.54. The third kappa shape index (κ3) is 4.63. The molecule has 9 heteroatoms. The van der Waals surface area contributed by atoms with Gasteiger partial charge in [-0.25, -0.2) is 21.9 Å². The summed E-state index contributed by atoms with van der Waals surface area (Å²) in [4.78, 5) is 11.8. The quantitative estimate of drug-likeness (QED) is 0.773. The number of benzene rings is 2. The minimum absolute atomic E-state index is 0.0522. The maximum Gasteiger partial charge on any atom is 0.255 e. The Hall–Kier alpha value is -2.03. The van der Waals surface area contributed by atoms with Gasteiger partial charge >= 0.3 is 0 Å². The second-order valence-corrected chi connectivity index (χ2v) is 8.42. The van der Waals surface area contributed by atoms with E-state index in [1.54, 1.807) is 0 Å². The van der Waals surface area contributed by atoms with Crippen LogP contribution in [0.2, 0.25) is 5.02 Å². The standard InChI is InChI=1S/C18H17ClF2N2O3S/c19-14-10-13(6-8-15(14)20)22-18(24)11-5-7-16(21)17(9-11)27(25,26)23-12-3-1-2-4-12/h5-10,12,23H,1-4H2,(H,22,24). The fraction of sp³-hybridized carbons (Fsp3) is 0.278. The third-order valence-electron chi connectivity index (χ3n) is 4.34. The number of carbonyl (C=O) groups is 1. The van der Waals surface area contributed by atoms with Crippen molar-refractivity contribution in [1.82, 2.24) is 4.72 Å². The number of halogens is 3. The average Bonchev–Trinajstić information content (AvgIpc) is 3.10. The van der Waals surface area contributed by atoms with Crippen molar-refractivity contribution in [3.8, 4) is 0 Å². The van der Waals surface area contributed by atoms with Crippen molar-refractivity contribution in [3.05, 3.63) is 58.6 Å². The highest BCUT2D eigenvalue weighted by atomic mass is 35.5. The molecular weight excluding hydrogens is 398 g/mol. The molecule has 0 unspecified atom stereocenters. The van der Waals surface area contributed by atoms with Crippen LogP contribution in [0.5, 0.6) is 0 Å². The monoisotopic (exact) mass is 414 g/mol. The fourth-order valence-electron chi connectivity index (χ4n) is 2.95. The predicted octanol–water partition coefficient (Wildman–Crippen LogP) is 4.09. The van der Waals surface area contributed by atoms with Crippen molar-refractivity contribution in [2.75, 3.05) is 5.32 Å². The number of anilines is 1. The predicted molar refractivity (Wildman–Crippen MR) is 98.3 cm³/mol. The second-order valence-electron chi connectivity index (χ2n) is 6.33. The topological polar surface area (TPSA) is 75.3 Å². The smallest absolute Gasteiger partial charge is 0.255 e. The molecule has 0 aliphatic heterocycles. The number of rotatable bonds is 5. The molecule has 0 spiro atoms. The Morgan fingerprint density at radius 3 is 2.37 bits per heavy atom. The lowest BCUT2D eigenvalue weighted by Crippen LogP contribution is -2.33. The van der Waals surface area contributed by atoms with Gasteiger partial charge < -0.3 is 5.32 Å². The summed E-state index contributed by atoms with van der Waals surface area (Å²) in [5, 5.41) is 2.30. The van der Waals surface area contributed by atoms with E-state index >= 15 is 0 Å². The molecule has 0 bridgehead atoms. The zero-order chi connectivity index (χ0) is 19.6. The van der Waals surface area contributed by atoms with Crippen LogP contribution in [0.1, 0.15) is 36.0 Å². The number of carbonyl (C=O) groups excluding carboxylic acids is 1. The van der Waals surface area contributed by atoms with Gasteiger partial charge in [-0.3, -0.25) is 4.79 Å². The highest BCUT2D eigenvalue weighted by molar-refractivity contribution is 7.89. The first kappa shape index (κ1) is 19.7. The summed E-state index contributed by atoms with van der Waals surface area (Å²) in [5.41, 5.74) is 0.174. The Labute approximate surface area is 160 Å². The molecule has 2 aromatic rings. The molecule has 0 aromatic heterocycles. The molecule has 1 amide bonds. The molecule has 1 saturated carbocycles. The normalized spacial score (nSPS) is 15.1. The number of hydrogen-bond acceptors (Lipinski definition) is 3. The van der Waals surface area contributed by atoms with Crippen LogP contribution in [0.3, 0.4) is 0 Å². The van der Waals surface area contributed by atoms with Gasteiger partial charge in [0.1, 0.15) is 16.5 Å². The van der Waals surface area contributed by atoms with Crippen molar-refractivity contribution < 1.29 is 22.0 Å². The molecule has 3 rings (SSSR count). The lowest BCUT2D eigenvalue weighted by Gasteiger charge is -2.14. The van der Waals surface area contributed by atoms with Crippen LogP contribution in [0.25, 0.3) is 0 Å². The van der Waals surface area contributed by atoms with Gasteiger partial charge in [-0.15, -0.1) is 0 Å². The Kier molecular flexibility index (Phi) is 5.78. The Morgan fingerprint density at radius 2 is 1.70 bits per heavy atom. The van der Waals surface area contributed by atoms with Crippen LogP contribution >= 0.6 is 11.6 Å². The summed E-state index contributed by atoms with van der Waals surface area (Å²) in [5.74, 6) is -2.25. The molecule has 1 aliphatic rings. The lowest BCUT2D eigenvalue weighted by atomic mass is 10.2. The highest BCUT2D eigenvalue weighted by Gasteiger charge is 2.26. The zero-order valence-corrected chi connectivity index (χ0v) is 15.7. The van der Waals surface area contributed by atoms with Crippen molar-refractivity contribution >= 4 is 33.2 Å². The molecule has 0 radical (unpaired) electrons. The second kappa shape index (κ2) is 7.92. The van der Waals surface area contributed by atoms with E-state index in [-0.39, 0.29) is 22.3 Å². The van der Waals surface area contributed by atoms with Gasteiger partial charge in [-0.2, -0.15) is 0 Å². The SMILES string of the molecule is O=C(Nc1ccc(F)c(Cl)c1)c1ccc(F)c(S(=O)(=O)NC2CCCC2)c1. The number of hydrogen-bond donors (Lipinski definition) is 2. The lowest BCUT2D eigenvalue weighted by molar-refractivity contribution is 0.102. The van der Waals surface area contributed by atoms with Gasteiger partial charge in [0.05, 0.1) is 5.02 Å². The van der Waals surface area contributed by atoms with Gasteiger partial charge in [0.15, 0.2) is 0 Å². The van der Waals surface area contributed by atoms with Gasteiger partial charge in [0.25, 0.3) is 5.91 Å². The number of amides is 1. The van der Waals surface area contributed by atoms with E-state index in [4.69, 9.17) is 11.6 Å². The average molecular weight is 415 g/mol. The summed E-state index contributed by atoms with van der Waals surface area (Å²) in [7, 11) is -4.09. The van der Waals surface area contributed by atoms with Crippen LogP contribution in [-0.2, 0) is 10.0 Å². The molecule has 2 N–H and O–H groups in total. The Balaban J connectivity index is 1.83. The zero-order valence-electron chi connectivity index (χ0n) is 14.1. The first-order chi connectivity index (χ1) is 12.8. The van der Waals surface area contributed by atoms with E-state index in [0.717, 1.165) is 31.0 Å². The summed E-state index contributed by atoms with van der Waals surface area (Å²) >= 11 is 5.67. The van der Waals surface area contributed by atoms with E-state index in [9.17, 15) is 22.0 Å². The molecule has 5 nitrogen and oxygen atoms in total. The van der Waals surface area contributed by atoms with E-state index in [1.807, 2.05) is 0 Å². The minimum Gasteiger partial charge on any atom is -0.322 e. The molecule has 1 fully saturated rings. The first-order valence-electron chi connectivity index (χ1n) is 8.34. The Bertz CT molecular complexity index is 977. The van der Waals surface area contributed by atoms with Crippen LogP contribution in [0.4, 0.5) is 14.5 Å². The van der Waals surface area contributed by atoms with Crippen molar-refractivity contribution in [1.29, 1.82) is 0 Å². The van der Waals surface area contributed by atoms with Gasteiger partial charge in [0.2, 0.25) is 10.0 Å². The van der Waals surface area contributed by atoms with E-state index < -0.39 is 32.5 Å². The van der Waals surface area contributed by atoms with E-state index in [2.05, 4.69) is 10.0 Å². The molecular formula is C18H17ClF2N2O3S. The van der Waals surface area contributed by atoms with E-state index in [0.29, 0.717) is 12.8 Å². The summed E-state index contributed by atoms with van der Waals surface area (Å²) < 4.78 is 54.8. The van der Waals surface area contributed by atoms with Gasteiger partial charge in [-0.05, 0) is 49.2 Å². The van der Waals surface area contributed by atoms with Crippen molar-refractivity contribution in [2.45, 2.75) is 36.6 Å². The third-order valence-corrected chi connectivity index (χ3v) is 6.16. The molecule has 144 valence electrons. The number of sulfonamides is 1. The van der Waals surface area contributed by atoms with Gasteiger partial charge in [0, 0.05) is 17.3 Å². The molecule has 2 aromatic carbocycles. The summed E-state index contributed by atoms with van der Waals surface area (Å²) in [6, 6.07) is 6.46. The van der Waals surface area contributed by atoms with Crippen LogP contribution in [-0.4, -0.2) is 20.4 Å². The molecule has 27 heavy (non-hydrogen) atoms. The highest BCUT2D eigenvalue weighted by Crippen LogP contribution is 2.23. The van der Waals surface area contributed by atoms with Crippen LogP contribution < -0.4 is 10.0 Å². The summed E-state index contributed by atoms with van der Waals surface area (Å²) in [6.07, 6.45) is 3.23. The van der Waals surface area contributed by atoms with Gasteiger partial charge in [-0.1, -0.05) is 24.4 Å². The maximum absolute atomic E-state index is 14.1. The molecule has 0 heterocycles. The number of nitrogens with one attached hydrogen (secondary N) is 2. The van der Waals surface area contributed by atoms with Crippen LogP contribution in [0.15, 0.2) is 41.3 Å². The van der Waals surface area contributed by atoms with Crippen LogP contribution in [0, 0.1) is 11.6 Å². The van der Waals surface area contributed by atoms with E-state index in [1.165, 1.54) is 18.2 Å². The molecule has 0 atom stereocenters. The van der Waals surface area contributed by atoms with Crippen molar-refractivity contribution in [2.24, 2.45) is 0 Å². The molecule has 0 saturated heterocycles. The minimum atomic E-state index is -4.09. The Morgan fingerprint density at radius 1 is 1.04 bits per heavy atom. The molecule has 1 aliphatic carbocycles.